The number of hydrogen-bond acceptors (Lipinski definition) is 4. The van der Waals surface area contributed by atoms with E-state index >= 15 is 0 Å². The number of halogens is 1. The lowest BCUT2D eigenvalue weighted by Crippen LogP contribution is -2.14. The minimum absolute atomic E-state index is 0.459. The molecule has 0 aliphatic heterocycles. The molecule has 0 atom stereocenters. The molecule has 1 aliphatic carbocycles. The van der Waals surface area contributed by atoms with Gasteiger partial charge < -0.3 is 14.5 Å². The van der Waals surface area contributed by atoms with Crippen molar-refractivity contribution in [3.05, 3.63) is 46.6 Å². The Morgan fingerprint density at radius 3 is 3.00 bits per heavy atom. The van der Waals surface area contributed by atoms with Crippen LogP contribution in [-0.4, -0.2) is 11.0 Å². The van der Waals surface area contributed by atoms with Crippen molar-refractivity contribution in [1.29, 1.82) is 0 Å². The van der Waals surface area contributed by atoms with E-state index in [2.05, 4.69) is 10.3 Å². The van der Waals surface area contributed by atoms with Gasteiger partial charge in [0, 0.05) is 23.9 Å². The summed E-state index contributed by atoms with van der Waals surface area (Å²) >= 11 is 5.87. The predicted molar refractivity (Wildman–Crippen MR) is 76.9 cm³/mol. The summed E-state index contributed by atoms with van der Waals surface area (Å²) in [5, 5.41) is 4.00. The van der Waals surface area contributed by atoms with Crippen molar-refractivity contribution in [2.45, 2.75) is 39.0 Å². The molecule has 2 heterocycles. The second-order valence-electron chi connectivity index (χ2n) is 5.08. The summed E-state index contributed by atoms with van der Waals surface area (Å²) < 4.78 is 11.4. The molecule has 1 aliphatic rings. The van der Waals surface area contributed by atoms with E-state index in [1.165, 1.54) is 12.8 Å². The Kier molecular flexibility index (Phi) is 3.94. The third-order valence-corrected chi connectivity index (χ3v) is 3.49. The molecule has 2 aromatic rings. The molecule has 0 saturated heterocycles. The van der Waals surface area contributed by atoms with Gasteiger partial charge in [0.15, 0.2) is 0 Å². The fourth-order valence-electron chi connectivity index (χ4n) is 1.98. The lowest BCUT2D eigenvalue weighted by molar-refractivity contribution is 0.302. The summed E-state index contributed by atoms with van der Waals surface area (Å²) in [4.78, 5) is 3.99. The summed E-state index contributed by atoms with van der Waals surface area (Å²) in [5.74, 6) is 2.51. The Bertz CT molecular complexity index is 593. The topological polar surface area (TPSA) is 47.3 Å². The van der Waals surface area contributed by atoms with Gasteiger partial charge in [-0.05, 0) is 25.8 Å². The second-order valence-corrected chi connectivity index (χ2v) is 5.51. The van der Waals surface area contributed by atoms with Gasteiger partial charge in [-0.25, -0.2) is 0 Å². The van der Waals surface area contributed by atoms with E-state index in [0.29, 0.717) is 23.4 Å². The fourth-order valence-corrected chi connectivity index (χ4v) is 2.15. The summed E-state index contributed by atoms with van der Waals surface area (Å²) in [6.07, 6.45) is 5.78. The van der Waals surface area contributed by atoms with Crippen LogP contribution in [0.1, 0.15) is 29.9 Å². The van der Waals surface area contributed by atoms with Gasteiger partial charge in [-0.15, -0.1) is 0 Å². The first-order valence-electron chi connectivity index (χ1n) is 6.75. The lowest BCUT2D eigenvalue weighted by atomic mass is 10.2. The van der Waals surface area contributed by atoms with E-state index in [9.17, 15) is 0 Å². The van der Waals surface area contributed by atoms with E-state index in [1.807, 2.05) is 13.0 Å². The molecule has 0 aromatic carbocycles. The molecule has 0 amide bonds. The molecule has 20 heavy (non-hydrogen) atoms. The number of ether oxygens (including phenoxy) is 1. The van der Waals surface area contributed by atoms with Crippen LogP contribution >= 0.6 is 11.6 Å². The van der Waals surface area contributed by atoms with Gasteiger partial charge in [-0.1, -0.05) is 11.6 Å². The summed E-state index contributed by atoms with van der Waals surface area (Å²) in [5.41, 5.74) is 1.05. The molecule has 0 radical (unpaired) electrons. The maximum atomic E-state index is 5.87. The third kappa shape index (κ3) is 3.52. The first-order chi connectivity index (χ1) is 9.70. The zero-order valence-corrected chi connectivity index (χ0v) is 12.1. The van der Waals surface area contributed by atoms with E-state index < -0.39 is 0 Å². The molecule has 2 aromatic heterocycles. The highest BCUT2D eigenvalue weighted by Gasteiger charge is 2.20. The van der Waals surface area contributed by atoms with Crippen molar-refractivity contribution in [3.63, 3.8) is 0 Å². The molecule has 0 spiro atoms. The number of aryl methyl sites for hydroxylation is 1. The van der Waals surface area contributed by atoms with Crippen LogP contribution in [0.4, 0.5) is 0 Å². The average Bonchev–Trinajstić information content (AvgIpc) is 3.18. The molecular formula is C15H17ClN2O2. The minimum Gasteiger partial charge on any atom is -0.487 e. The Morgan fingerprint density at radius 1 is 1.40 bits per heavy atom. The Morgan fingerprint density at radius 2 is 2.25 bits per heavy atom. The first-order valence-corrected chi connectivity index (χ1v) is 7.13. The van der Waals surface area contributed by atoms with E-state index in [1.54, 1.807) is 18.5 Å². The largest absolute Gasteiger partial charge is 0.487 e. The van der Waals surface area contributed by atoms with Gasteiger partial charge in [0.2, 0.25) is 0 Å². The smallest absolute Gasteiger partial charge is 0.139 e. The Labute approximate surface area is 123 Å². The number of furan rings is 1. The van der Waals surface area contributed by atoms with Crippen LogP contribution in [0.5, 0.6) is 5.75 Å². The van der Waals surface area contributed by atoms with Crippen molar-refractivity contribution in [2.75, 3.05) is 0 Å². The molecular weight excluding hydrogens is 276 g/mol. The standard InChI is InChI=1S/C15H17ClN2O2/c1-10-11(4-15(20-10)8-18-13-2-3-13)9-19-14-5-12(16)6-17-7-14/h4-7,13,18H,2-3,8-9H2,1H3. The molecule has 3 rings (SSSR count). The van der Waals surface area contributed by atoms with Gasteiger partial charge in [0.05, 0.1) is 17.8 Å². The van der Waals surface area contributed by atoms with Gasteiger partial charge in [-0.3, -0.25) is 4.98 Å². The van der Waals surface area contributed by atoms with E-state index in [-0.39, 0.29) is 0 Å². The van der Waals surface area contributed by atoms with E-state index in [4.69, 9.17) is 20.8 Å². The first kappa shape index (κ1) is 13.5. The highest BCUT2D eigenvalue weighted by atomic mass is 35.5. The lowest BCUT2D eigenvalue weighted by Gasteiger charge is -2.04. The molecule has 0 bridgehead atoms. The molecule has 1 fully saturated rings. The number of rotatable bonds is 6. The second kappa shape index (κ2) is 5.85. The maximum absolute atomic E-state index is 5.87. The zero-order chi connectivity index (χ0) is 13.9. The van der Waals surface area contributed by atoms with Crippen molar-refractivity contribution in [3.8, 4) is 5.75 Å². The summed E-state index contributed by atoms with van der Waals surface area (Å²) in [7, 11) is 0. The molecule has 0 unspecified atom stereocenters. The molecule has 106 valence electrons. The zero-order valence-electron chi connectivity index (χ0n) is 11.4. The predicted octanol–water partition coefficient (Wildman–Crippen LogP) is 3.47. The summed E-state index contributed by atoms with van der Waals surface area (Å²) in [6.45, 7) is 3.19. The number of pyridine rings is 1. The molecule has 1 saturated carbocycles. The van der Waals surface area contributed by atoms with E-state index in [0.717, 1.165) is 23.6 Å². The van der Waals surface area contributed by atoms with Crippen molar-refractivity contribution < 1.29 is 9.15 Å². The van der Waals surface area contributed by atoms with Crippen LogP contribution in [0.2, 0.25) is 5.02 Å². The van der Waals surface area contributed by atoms with Gasteiger partial charge in [0.1, 0.15) is 23.9 Å². The van der Waals surface area contributed by atoms with Crippen LogP contribution in [-0.2, 0) is 13.2 Å². The maximum Gasteiger partial charge on any atom is 0.139 e. The number of nitrogens with one attached hydrogen (secondary N) is 1. The normalized spacial score (nSPS) is 14.5. The average molecular weight is 293 g/mol. The number of hydrogen-bond donors (Lipinski definition) is 1. The minimum atomic E-state index is 0.459. The van der Waals surface area contributed by atoms with Crippen LogP contribution in [0.15, 0.2) is 28.9 Å². The van der Waals surface area contributed by atoms with Crippen molar-refractivity contribution in [2.24, 2.45) is 0 Å². The van der Waals surface area contributed by atoms with Gasteiger partial charge in [-0.2, -0.15) is 0 Å². The molecule has 1 N–H and O–H groups in total. The quantitative estimate of drug-likeness (QED) is 0.885. The summed E-state index contributed by atoms with van der Waals surface area (Å²) in [6, 6.07) is 4.47. The van der Waals surface area contributed by atoms with Gasteiger partial charge in [0.25, 0.3) is 0 Å². The monoisotopic (exact) mass is 292 g/mol. The van der Waals surface area contributed by atoms with Crippen LogP contribution in [0.25, 0.3) is 0 Å². The molecule has 5 heteroatoms. The van der Waals surface area contributed by atoms with Crippen LogP contribution in [0.3, 0.4) is 0 Å². The number of aromatic nitrogens is 1. The van der Waals surface area contributed by atoms with Crippen molar-refractivity contribution in [1.82, 2.24) is 10.3 Å². The van der Waals surface area contributed by atoms with Gasteiger partial charge >= 0.3 is 0 Å². The Hall–Kier alpha value is -1.52. The fraction of sp³-hybridized carbons (Fsp3) is 0.400. The highest BCUT2D eigenvalue weighted by molar-refractivity contribution is 6.30. The SMILES string of the molecule is Cc1oc(CNC2CC2)cc1COc1cncc(Cl)c1. The number of nitrogens with zero attached hydrogens (tertiary/aromatic N) is 1. The third-order valence-electron chi connectivity index (χ3n) is 3.29. The molecule has 4 nitrogen and oxygen atoms in total. The Balaban J connectivity index is 1.58. The van der Waals surface area contributed by atoms with Crippen LogP contribution in [0, 0.1) is 6.92 Å². The van der Waals surface area contributed by atoms with Crippen LogP contribution < -0.4 is 10.1 Å². The van der Waals surface area contributed by atoms with Crippen molar-refractivity contribution >= 4 is 11.6 Å². The highest BCUT2D eigenvalue weighted by Crippen LogP contribution is 2.22.